The summed E-state index contributed by atoms with van der Waals surface area (Å²) in [4.78, 5) is 0. The van der Waals surface area contributed by atoms with Crippen molar-refractivity contribution in [1.82, 2.24) is 0 Å². The zero-order valence-corrected chi connectivity index (χ0v) is 18.7. The molecule has 0 aliphatic heterocycles. The topological polar surface area (TPSA) is 0 Å². The first-order valence-corrected chi connectivity index (χ1v) is 11.2. The van der Waals surface area contributed by atoms with Gasteiger partial charge in [-0.15, -0.1) is 0 Å². The summed E-state index contributed by atoms with van der Waals surface area (Å²) in [6.07, 6.45) is 1.28. The molecule has 0 nitrogen and oxygen atoms in total. The lowest BCUT2D eigenvalue weighted by Crippen LogP contribution is -2.47. The van der Waals surface area contributed by atoms with Gasteiger partial charge in [-0.05, 0) is 47.0 Å². The molecule has 0 amide bonds. The van der Waals surface area contributed by atoms with Crippen molar-refractivity contribution in [2.24, 2.45) is 5.41 Å². The minimum absolute atomic E-state index is 0.384. The third-order valence-electron chi connectivity index (χ3n) is 5.08. The Hall–Kier alpha value is -1.34. The number of hydrogen-bond donors (Lipinski definition) is 0. The lowest BCUT2D eigenvalue weighted by molar-refractivity contribution is 0.397. The Kier molecular flexibility index (Phi) is 5.99. The van der Waals surface area contributed by atoms with Crippen molar-refractivity contribution in [2.45, 2.75) is 74.8 Å². The molecule has 0 saturated heterocycles. The fourth-order valence-corrected chi connectivity index (χ4v) is 8.13. The zero-order chi connectivity index (χ0) is 18.9. The van der Waals surface area contributed by atoms with Crippen LogP contribution in [-0.4, -0.2) is 8.80 Å². The highest BCUT2D eigenvalue weighted by Gasteiger charge is 2.26. The molecule has 0 aromatic heterocycles. The average molecular weight is 352 g/mol. The number of benzene rings is 2. The van der Waals surface area contributed by atoms with Crippen LogP contribution in [-0.2, 0) is 0 Å². The van der Waals surface area contributed by atoms with E-state index in [1.54, 1.807) is 10.4 Å². The second-order valence-corrected chi connectivity index (χ2v) is 11.5. The van der Waals surface area contributed by atoms with Crippen LogP contribution < -0.4 is 10.4 Å². The SMILES string of the molecule is Cc1cc(C)c([Si](CCC(C)(C)C)c2c(C)cc(C)cc2C)c(C)c1. The molecular formula is C24H35Si. The first kappa shape index (κ1) is 20.0. The molecule has 2 aromatic rings. The zero-order valence-electron chi connectivity index (χ0n) is 17.7. The van der Waals surface area contributed by atoms with Gasteiger partial charge in [0.15, 0.2) is 0 Å². The lowest BCUT2D eigenvalue weighted by atomic mass is 9.94. The van der Waals surface area contributed by atoms with E-state index < -0.39 is 8.80 Å². The van der Waals surface area contributed by atoms with Crippen LogP contribution in [0.25, 0.3) is 0 Å². The molecule has 0 bridgehead atoms. The Morgan fingerprint density at radius 3 is 1.24 bits per heavy atom. The largest absolute Gasteiger partial charge is 0.122 e. The Morgan fingerprint density at radius 1 is 0.640 bits per heavy atom. The molecule has 0 aliphatic rings. The summed E-state index contributed by atoms with van der Waals surface area (Å²) in [6, 6.07) is 10.8. The highest BCUT2D eigenvalue weighted by molar-refractivity contribution is 6.86. The summed E-state index contributed by atoms with van der Waals surface area (Å²) < 4.78 is 0. The van der Waals surface area contributed by atoms with E-state index in [2.05, 4.69) is 86.6 Å². The van der Waals surface area contributed by atoms with Crippen LogP contribution in [0.2, 0.25) is 6.04 Å². The van der Waals surface area contributed by atoms with Crippen LogP contribution in [0, 0.1) is 47.0 Å². The number of hydrogen-bond acceptors (Lipinski definition) is 0. The molecule has 0 saturated carbocycles. The molecule has 0 atom stereocenters. The number of aryl methyl sites for hydroxylation is 6. The van der Waals surface area contributed by atoms with Crippen LogP contribution in [0.4, 0.5) is 0 Å². The van der Waals surface area contributed by atoms with Crippen molar-refractivity contribution in [3.05, 3.63) is 57.6 Å². The summed E-state index contributed by atoms with van der Waals surface area (Å²) in [5, 5.41) is 3.30. The smallest absolute Gasteiger partial charge is 0.0602 e. The van der Waals surface area contributed by atoms with E-state index in [9.17, 15) is 0 Å². The highest BCUT2D eigenvalue weighted by atomic mass is 28.3. The fourth-order valence-electron chi connectivity index (χ4n) is 4.19. The third-order valence-corrected chi connectivity index (χ3v) is 8.62. The summed E-state index contributed by atoms with van der Waals surface area (Å²) in [5.74, 6) is 0. The van der Waals surface area contributed by atoms with E-state index in [1.807, 2.05) is 0 Å². The van der Waals surface area contributed by atoms with Gasteiger partial charge in [0.05, 0.1) is 0 Å². The second-order valence-electron chi connectivity index (χ2n) is 9.09. The molecule has 0 fully saturated rings. The number of rotatable bonds is 4. The van der Waals surface area contributed by atoms with Crippen LogP contribution >= 0.6 is 0 Å². The Bertz CT molecular complexity index is 659. The Labute approximate surface area is 157 Å². The van der Waals surface area contributed by atoms with E-state index in [4.69, 9.17) is 0 Å². The summed E-state index contributed by atoms with van der Waals surface area (Å²) >= 11 is 0. The molecule has 0 unspecified atom stereocenters. The van der Waals surface area contributed by atoms with E-state index in [0.717, 1.165) is 0 Å². The van der Waals surface area contributed by atoms with E-state index in [-0.39, 0.29) is 0 Å². The van der Waals surface area contributed by atoms with Gasteiger partial charge in [-0.3, -0.25) is 0 Å². The summed E-state index contributed by atoms with van der Waals surface area (Å²) in [5.41, 5.74) is 9.09. The van der Waals surface area contributed by atoms with Crippen molar-refractivity contribution >= 4 is 19.2 Å². The quantitative estimate of drug-likeness (QED) is 0.631. The van der Waals surface area contributed by atoms with E-state index in [0.29, 0.717) is 5.41 Å². The van der Waals surface area contributed by atoms with Gasteiger partial charge in [0, 0.05) is 0 Å². The average Bonchev–Trinajstić information content (AvgIpc) is 2.40. The van der Waals surface area contributed by atoms with Crippen molar-refractivity contribution < 1.29 is 0 Å². The maximum Gasteiger partial charge on any atom is 0.122 e. The maximum absolute atomic E-state index is 2.38. The van der Waals surface area contributed by atoms with Crippen LogP contribution in [0.3, 0.4) is 0 Å². The molecule has 25 heavy (non-hydrogen) atoms. The van der Waals surface area contributed by atoms with Crippen molar-refractivity contribution in [3.63, 3.8) is 0 Å². The summed E-state index contributed by atoms with van der Waals surface area (Å²) in [7, 11) is -0.786. The van der Waals surface area contributed by atoms with Gasteiger partial charge in [-0.25, -0.2) is 0 Å². The van der Waals surface area contributed by atoms with Gasteiger partial charge in [0.25, 0.3) is 0 Å². The minimum atomic E-state index is -0.786. The molecule has 2 aromatic carbocycles. The lowest BCUT2D eigenvalue weighted by Gasteiger charge is -2.28. The van der Waals surface area contributed by atoms with Crippen LogP contribution in [0.1, 0.15) is 60.6 Å². The van der Waals surface area contributed by atoms with Crippen molar-refractivity contribution in [3.8, 4) is 0 Å². The molecule has 2 rings (SSSR count). The monoisotopic (exact) mass is 351 g/mol. The van der Waals surface area contributed by atoms with Gasteiger partial charge < -0.3 is 0 Å². The van der Waals surface area contributed by atoms with Crippen molar-refractivity contribution in [2.75, 3.05) is 0 Å². The van der Waals surface area contributed by atoms with Gasteiger partial charge in [-0.1, -0.05) is 101 Å². The van der Waals surface area contributed by atoms with Crippen LogP contribution in [0.15, 0.2) is 24.3 Å². The maximum atomic E-state index is 2.38. The highest BCUT2D eigenvalue weighted by Crippen LogP contribution is 2.24. The third kappa shape index (κ3) is 4.85. The van der Waals surface area contributed by atoms with Crippen LogP contribution in [0.5, 0.6) is 0 Å². The fraction of sp³-hybridized carbons (Fsp3) is 0.500. The first-order chi connectivity index (χ1) is 11.5. The Morgan fingerprint density at radius 2 is 0.960 bits per heavy atom. The van der Waals surface area contributed by atoms with Gasteiger partial charge in [0.2, 0.25) is 0 Å². The second kappa shape index (κ2) is 7.49. The first-order valence-electron chi connectivity index (χ1n) is 9.52. The predicted molar refractivity (Wildman–Crippen MR) is 115 cm³/mol. The molecule has 1 heteroatoms. The summed E-state index contributed by atoms with van der Waals surface area (Å²) in [6.45, 7) is 20.8. The van der Waals surface area contributed by atoms with Crippen molar-refractivity contribution in [1.29, 1.82) is 0 Å². The molecule has 0 N–H and O–H groups in total. The minimum Gasteiger partial charge on any atom is -0.0602 e. The van der Waals surface area contributed by atoms with Gasteiger partial charge in [0.1, 0.15) is 8.80 Å². The molecular weight excluding hydrogens is 316 g/mol. The predicted octanol–water partition coefficient (Wildman–Crippen LogP) is 5.58. The van der Waals surface area contributed by atoms with Gasteiger partial charge in [-0.2, -0.15) is 0 Å². The molecule has 0 spiro atoms. The van der Waals surface area contributed by atoms with E-state index in [1.165, 1.54) is 45.8 Å². The normalized spacial score (nSPS) is 12.1. The molecule has 1 radical (unpaired) electrons. The molecule has 0 heterocycles. The standard InChI is InChI=1S/C24H35Si/c1-16-12-18(3)22(19(4)13-16)25(11-10-24(7,8)9)23-20(5)14-17(2)15-21(23)6/h12-15H,10-11H2,1-9H3. The molecule has 0 aliphatic carbocycles. The molecule has 135 valence electrons. The van der Waals surface area contributed by atoms with E-state index >= 15 is 0 Å². The Balaban J connectivity index is 2.63. The van der Waals surface area contributed by atoms with Gasteiger partial charge >= 0.3 is 0 Å².